The van der Waals surface area contributed by atoms with E-state index in [0.29, 0.717) is 6.04 Å². The van der Waals surface area contributed by atoms with Gasteiger partial charge < -0.3 is 19.5 Å². The van der Waals surface area contributed by atoms with E-state index < -0.39 is 0 Å². The topological polar surface area (TPSA) is 42.3 Å². The maximum atomic E-state index is 5.24. The highest BCUT2D eigenvalue weighted by atomic mass is 16.5. The number of hydrogen-bond donors (Lipinski definition) is 1. The summed E-state index contributed by atoms with van der Waals surface area (Å²) in [6, 6.07) is 0.339. The lowest BCUT2D eigenvalue weighted by atomic mass is 10.0. The summed E-state index contributed by atoms with van der Waals surface area (Å²) in [5.74, 6) is 2.70. The first-order valence-electron chi connectivity index (χ1n) is 6.77. The van der Waals surface area contributed by atoms with Crippen LogP contribution in [0.5, 0.6) is 0 Å². The van der Waals surface area contributed by atoms with E-state index in [-0.39, 0.29) is 0 Å². The molecule has 3 heterocycles. The Morgan fingerprint density at radius 3 is 2.83 bits per heavy atom. The molecule has 0 aromatic carbocycles. The van der Waals surface area contributed by atoms with Gasteiger partial charge in [-0.15, -0.1) is 0 Å². The predicted octanol–water partition coefficient (Wildman–Crippen LogP) is 0.746. The Morgan fingerprint density at radius 1 is 1.44 bits per heavy atom. The minimum atomic E-state index is 0.339. The van der Waals surface area contributed by atoms with E-state index in [9.17, 15) is 0 Å². The molecule has 1 N–H and O–H groups in total. The Balaban J connectivity index is 1.75. The summed E-state index contributed by atoms with van der Waals surface area (Å²) >= 11 is 0. The van der Waals surface area contributed by atoms with Gasteiger partial charge in [0.1, 0.15) is 0 Å². The third-order valence-electron chi connectivity index (χ3n) is 4.20. The van der Waals surface area contributed by atoms with E-state index in [1.165, 1.54) is 0 Å². The molecule has 1 unspecified atom stereocenters. The number of aromatic nitrogens is 2. The van der Waals surface area contributed by atoms with Crippen LogP contribution >= 0.6 is 0 Å². The van der Waals surface area contributed by atoms with Gasteiger partial charge in [0.25, 0.3) is 0 Å². The SMILES string of the molecule is COCC(C)n1ccnc1N1C[C@H]2CNC[C@H]2C1. The molecular weight excluding hydrogens is 228 g/mol. The van der Waals surface area contributed by atoms with Crippen LogP contribution in [0.15, 0.2) is 12.4 Å². The second-order valence-corrected chi connectivity index (χ2v) is 5.52. The quantitative estimate of drug-likeness (QED) is 0.856. The van der Waals surface area contributed by atoms with Crippen molar-refractivity contribution in [2.75, 3.05) is 44.8 Å². The van der Waals surface area contributed by atoms with Crippen LogP contribution in [0.25, 0.3) is 0 Å². The van der Waals surface area contributed by atoms with E-state index in [2.05, 4.69) is 32.9 Å². The van der Waals surface area contributed by atoms with Gasteiger partial charge in [-0.2, -0.15) is 0 Å². The van der Waals surface area contributed by atoms with Gasteiger partial charge in [-0.1, -0.05) is 0 Å². The average Bonchev–Trinajstić information content (AvgIpc) is 3.03. The first-order chi connectivity index (χ1) is 8.79. The van der Waals surface area contributed by atoms with Gasteiger partial charge in [0.05, 0.1) is 12.6 Å². The first kappa shape index (κ1) is 12.0. The fourth-order valence-electron chi connectivity index (χ4n) is 3.23. The Labute approximate surface area is 108 Å². The van der Waals surface area contributed by atoms with Crippen LogP contribution in [-0.2, 0) is 4.74 Å². The summed E-state index contributed by atoms with van der Waals surface area (Å²) in [6.07, 6.45) is 3.96. The lowest BCUT2D eigenvalue weighted by Crippen LogP contribution is -2.29. The molecule has 100 valence electrons. The molecule has 0 aliphatic carbocycles. The van der Waals surface area contributed by atoms with Crippen molar-refractivity contribution in [3.63, 3.8) is 0 Å². The third kappa shape index (κ3) is 2.01. The van der Waals surface area contributed by atoms with Crippen LogP contribution in [0.3, 0.4) is 0 Å². The molecule has 2 aliphatic rings. The first-order valence-corrected chi connectivity index (χ1v) is 6.77. The van der Waals surface area contributed by atoms with E-state index in [1.807, 2.05) is 6.20 Å². The highest BCUT2D eigenvalue weighted by molar-refractivity contribution is 5.35. The maximum absolute atomic E-state index is 5.24. The van der Waals surface area contributed by atoms with Gasteiger partial charge >= 0.3 is 0 Å². The van der Waals surface area contributed by atoms with Gasteiger partial charge in [0, 0.05) is 45.7 Å². The van der Waals surface area contributed by atoms with Crippen molar-refractivity contribution < 1.29 is 4.74 Å². The van der Waals surface area contributed by atoms with Crippen molar-refractivity contribution in [1.29, 1.82) is 0 Å². The zero-order chi connectivity index (χ0) is 12.5. The molecule has 18 heavy (non-hydrogen) atoms. The third-order valence-corrected chi connectivity index (χ3v) is 4.20. The molecule has 5 nitrogen and oxygen atoms in total. The molecule has 1 aromatic rings. The number of rotatable bonds is 4. The van der Waals surface area contributed by atoms with E-state index in [0.717, 1.165) is 50.6 Å². The molecule has 3 rings (SSSR count). The van der Waals surface area contributed by atoms with Crippen molar-refractivity contribution in [3.8, 4) is 0 Å². The summed E-state index contributed by atoms with van der Waals surface area (Å²) in [6.45, 7) is 7.49. The number of nitrogens with one attached hydrogen (secondary N) is 1. The van der Waals surface area contributed by atoms with Crippen molar-refractivity contribution >= 4 is 5.95 Å². The fraction of sp³-hybridized carbons (Fsp3) is 0.769. The molecule has 0 bridgehead atoms. The maximum Gasteiger partial charge on any atom is 0.205 e. The number of fused-ring (bicyclic) bond motifs is 1. The minimum absolute atomic E-state index is 0.339. The lowest BCUT2D eigenvalue weighted by Gasteiger charge is -2.23. The molecule has 1 aromatic heterocycles. The monoisotopic (exact) mass is 250 g/mol. The summed E-state index contributed by atoms with van der Waals surface area (Å²) in [4.78, 5) is 6.97. The second kappa shape index (κ2) is 4.90. The summed E-state index contributed by atoms with van der Waals surface area (Å²) in [7, 11) is 1.75. The standard InChI is InChI=1S/C13H22N4O/c1-10(9-18-2)17-4-3-15-13(17)16-7-11-5-14-6-12(11)8-16/h3-4,10-12,14H,5-9H2,1-2H3/t10?,11-,12+. The molecule has 2 saturated heterocycles. The van der Waals surface area contributed by atoms with Crippen LogP contribution in [0.1, 0.15) is 13.0 Å². The van der Waals surface area contributed by atoms with Crippen molar-refractivity contribution in [2.24, 2.45) is 11.8 Å². The molecular formula is C13H22N4O. The lowest BCUT2D eigenvalue weighted by molar-refractivity contribution is 0.162. The van der Waals surface area contributed by atoms with Gasteiger partial charge in [-0.3, -0.25) is 0 Å². The van der Waals surface area contributed by atoms with Crippen molar-refractivity contribution in [3.05, 3.63) is 12.4 Å². The molecule has 5 heteroatoms. The summed E-state index contributed by atoms with van der Waals surface area (Å²) < 4.78 is 7.48. The fourth-order valence-corrected chi connectivity index (χ4v) is 3.23. The van der Waals surface area contributed by atoms with Gasteiger partial charge in [0.2, 0.25) is 5.95 Å². The zero-order valence-electron chi connectivity index (χ0n) is 11.2. The van der Waals surface area contributed by atoms with Gasteiger partial charge in [-0.25, -0.2) is 4.98 Å². The van der Waals surface area contributed by atoms with Crippen molar-refractivity contribution in [2.45, 2.75) is 13.0 Å². The number of anilines is 1. The molecule has 2 aliphatic heterocycles. The predicted molar refractivity (Wildman–Crippen MR) is 70.9 cm³/mol. The van der Waals surface area contributed by atoms with E-state index in [4.69, 9.17) is 4.74 Å². The van der Waals surface area contributed by atoms with Crippen LogP contribution in [-0.4, -0.2) is 49.4 Å². The number of imidazole rings is 1. The van der Waals surface area contributed by atoms with E-state index >= 15 is 0 Å². The van der Waals surface area contributed by atoms with Gasteiger partial charge in [-0.05, 0) is 18.8 Å². The van der Waals surface area contributed by atoms with Crippen LogP contribution in [0.2, 0.25) is 0 Å². The minimum Gasteiger partial charge on any atom is -0.383 e. The van der Waals surface area contributed by atoms with E-state index in [1.54, 1.807) is 7.11 Å². The zero-order valence-corrected chi connectivity index (χ0v) is 11.2. The molecule has 0 spiro atoms. The second-order valence-electron chi connectivity index (χ2n) is 5.52. The molecule has 0 radical (unpaired) electrons. The number of ether oxygens (including phenoxy) is 1. The summed E-state index contributed by atoms with van der Waals surface area (Å²) in [5, 5.41) is 3.47. The van der Waals surface area contributed by atoms with Crippen LogP contribution < -0.4 is 10.2 Å². The largest absolute Gasteiger partial charge is 0.383 e. The van der Waals surface area contributed by atoms with Crippen LogP contribution in [0, 0.1) is 11.8 Å². The molecule has 0 saturated carbocycles. The normalized spacial score (nSPS) is 28.7. The molecule has 2 fully saturated rings. The smallest absolute Gasteiger partial charge is 0.205 e. The highest BCUT2D eigenvalue weighted by Gasteiger charge is 2.37. The summed E-state index contributed by atoms with van der Waals surface area (Å²) in [5.41, 5.74) is 0. The van der Waals surface area contributed by atoms with Gasteiger partial charge in [0.15, 0.2) is 0 Å². The Bertz CT molecular complexity index is 393. The molecule has 0 amide bonds. The highest BCUT2D eigenvalue weighted by Crippen LogP contribution is 2.30. The number of nitrogens with zero attached hydrogens (tertiary/aromatic N) is 3. The molecule has 3 atom stereocenters. The number of hydrogen-bond acceptors (Lipinski definition) is 4. The Hall–Kier alpha value is -1.07. The van der Waals surface area contributed by atoms with Crippen LogP contribution in [0.4, 0.5) is 5.95 Å². The Morgan fingerprint density at radius 2 is 2.17 bits per heavy atom. The average molecular weight is 250 g/mol. The number of methoxy groups -OCH3 is 1. The Kier molecular flexibility index (Phi) is 3.26. The van der Waals surface area contributed by atoms with Crippen molar-refractivity contribution in [1.82, 2.24) is 14.9 Å².